The highest BCUT2D eigenvalue weighted by Gasteiger charge is 2.14. The zero-order valence-corrected chi connectivity index (χ0v) is 13.1. The van der Waals surface area contributed by atoms with Crippen LogP contribution in [0, 0.1) is 6.92 Å². The van der Waals surface area contributed by atoms with Gasteiger partial charge in [-0.25, -0.2) is 13.1 Å². The molecular formula is C14H15ClN2O3S. The maximum Gasteiger partial charge on any atom is 0.240 e. The van der Waals surface area contributed by atoms with Crippen molar-refractivity contribution >= 4 is 27.3 Å². The number of nitrogen functional groups attached to an aromatic ring is 1. The molecule has 0 saturated carbocycles. The minimum Gasteiger partial charge on any atom is -0.455 e. The first-order chi connectivity index (χ1) is 9.83. The Hall–Kier alpha value is -1.76. The minimum absolute atomic E-state index is 0.0832. The summed E-state index contributed by atoms with van der Waals surface area (Å²) in [4.78, 5) is 0.0832. The molecule has 21 heavy (non-hydrogen) atoms. The van der Waals surface area contributed by atoms with Crippen molar-refractivity contribution in [2.24, 2.45) is 0 Å². The van der Waals surface area contributed by atoms with E-state index in [1.54, 1.807) is 18.2 Å². The van der Waals surface area contributed by atoms with Crippen LogP contribution in [0.3, 0.4) is 0 Å². The number of aryl methyl sites for hydroxylation is 1. The topological polar surface area (TPSA) is 81.4 Å². The summed E-state index contributed by atoms with van der Waals surface area (Å²) in [5.74, 6) is 0.802. The highest BCUT2D eigenvalue weighted by Crippen LogP contribution is 2.31. The third-order valence-electron chi connectivity index (χ3n) is 2.92. The van der Waals surface area contributed by atoms with Gasteiger partial charge in [-0.3, -0.25) is 0 Å². The second-order valence-corrected chi connectivity index (χ2v) is 6.71. The van der Waals surface area contributed by atoms with E-state index in [-0.39, 0.29) is 10.6 Å². The van der Waals surface area contributed by atoms with E-state index in [1.165, 1.54) is 25.2 Å². The average molecular weight is 327 g/mol. The lowest BCUT2D eigenvalue weighted by Crippen LogP contribution is -2.18. The van der Waals surface area contributed by atoms with Gasteiger partial charge in [0.1, 0.15) is 5.75 Å². The van der Waals surface area contributed by atoms with Crippen LogP contribution >= 0.6 is 11.6 Å². The molecule has 0 fully saturated rings. The standard InChI is InChI=1S/C14H15ClN2O3S/c1-9-7-10(3-5-12(9)15)20-14-8-11(4-6-13(14)16)21(18,19)17-2/h3-8,17H,16H2,1-2H3. The molecule has 0 atom stereocenters. The summed E-state index contributed by atoms with van der Waals surface area (Å²) in [6.07, 6.45) is 0. The number of halogens is 1. The summed E-state index contributed by atoms with van der Waals surface area (Å²) in [5, 5.41) is 0.627. The molecule has 2 aromatic carbocycles. The third kappa shape index (κ3) is 3.47. The number of anilines is 1. The van der Waals surface area contributed by atoms with E-state index in [1.807, 2.05) is 6.92 Å². The van der Waals surface area contributed by atoms with Crippen LogP contribution in [0.2, 0.25) is 5.02 Å². The van der Waals surface area contributed by atoms with Crippen LogP contribution in [0.1, 0.15) is 5.56 Å². The molecule has 5 nitrogen and oxygen atoms in total. The largest absolute Gasteiger partial charge is 0.455 e. The quantitative estimate of drug-likeness (QED) is 0.846. The Kier molecular flexibility index (Phi) is 4.41. The molecule has 2 rings (SSSR count). The molecule has 0 heterocycles. The van der Waals surface area contributed by atoms with E-state index in [0.29, 0.717) is 16.5 Å². The van der Waals surface area contributed by atoms with Crippen molar-refractivity contribution in [2.45, 2.75) is 11.8 Å². The Morgan fingerprint density at radius 1 is 1.19 bits per heavy atom. The Balaban J connectivity index is 2.39. The Morgan fingerprint density at radius 2 is 1.90 bits per heavy atom. The van der Waals surface area contributed by atoms with Crippen LogP contribution in [0.15, 0.2) is 41.3 Å². The maximum absolute atomic E-state index is 11.8. The number of ether oxygens (including phenoxy) is 1. The van der Waals surface area contributed by atoms with Crippen molar-refractivity contribution in [2.75, 3.05) is 12.8 Å². The first kappa shape index (κ1) is 15.6. The molecule has 0 spiro atoms. The summed E-state index contributed by atoms with van der Waals surface area (Å²) >= 11 is 5.95. The first-order valence-electron chi connectivity index (χ1n) is 6.10. The lowest BCUT2D eigenvalue weighted by molar-refractivity contribution is 0.482. The van der Waals surface area contributed by atoms with Gasteiger partial charge < -0.3 is 10.5 Å². The molecule has 0 bridgehead atoms. The van der Waals surface area contributed by atoms with E-state index >= 15 is 0 Å². The number of benzene rings is 2. The van der Waals surface area contributed by atoms with Gasteiger partial charge in [-0.2, -0.15) is 0 Å². The van der Waals surface area contributed by atoms with Crippen molar-refractivity contribution in [1.82, 2.24) is 4.72 Å². The summed E-state index contributed by atoms with van der Waals surface area (Å²) in [7, 11) is -2.21. The van der Waals surface area contributed by atoms with E-state index in [2.05, 4.69) is 4.72 Å². The number of sulfonamides is 1. The number of rotatable bonds is 4. The monoisotopic (exact) mass is 326 g/mol. The average Bonchev–Trinajstić information content (AvgIpc) is 2.45. The predicted octanol–water partition coefficient (Wildman–Crippen LogP) is 2.93. The van der Waals surface area contributed by atoms with Gasteiger partial charge in [-0.05, 0) is 49.9 Å². The maximum atomic E-state index is 11.8. The molecule has 112 valence electrons. The molecule has 0 aliphatic heterocycles. The Bertz CT molecular complexity index is 776. The lowest BCUT2D eigenvalue weighted by Gasteiger charge is -2.11. The summed E-state index contributed by atoms with van der Waals surface area (Å²) in [6.45, 7) is 1.85. The summed E-state index contributed by atoms with van der Waals surface area (Å²) in [5.41, 5.74) is 7.02. The van der Waals surface area contributed by atoms with E-state index in [9.17, 15) is 8.42 Å². The zero-order valence-electron chi connectivity index (χ0n) is 11.6. The molecule has 2 aromatic rings. The van der Waals surface area contributed by atoms with Gasteiger partial charge in [0.2, 0.25) is 10.0 Å². The summed E-state index contributed by atoms with van der Waals surface area (Å²) < 4.78 is 31.5. The number of hydrogen-bond donors (Lipinski definition) is 2. The fraction of sp³-hybridized carbons (Fsp3) is 0.143. The van der Waals surface area contributed by atoms with Crippen molar-refractivity contribution in [3.63, 3.8) is 0 Å². The SMILES string of the molecule is CNS(=O)(=O)c1ccc(N)c(Oc2ccc(Cl)c(C)c2)c1. The van der Waals surface area contributed by atoms with E-state index in [4.69, 9.17) is 22.1 Å². The second-order valence-electron chi connectivity index (χ2n) is 4.42. The molecule has 0 amide bonds. The van der Waals surface area contributed by atoms with Gasteiger partial charge in [0.15, 0.2) is 5.75 Å². The van der Waals surface area contributed by atoms with Crippen LogP contribution < -0.4 is 15.2 Å². The highest BCUT2D eigenvalue weighted by atomic mass is 35.5. The Labute approximate surface area is 128 Å². The van der Waals surface area contributed by atoms with Crippen LogP contribution in [-0.2, 0) is 10.0 Å². The Morgan fingerprint density at radius 3 is 2.52 bits per heavy atom. The van der Waals surface area contributed by atoms with Crippen molar-refractivity contribution in [3.8, 4) is 11.5 Å². The van der Waals surface area contributed by atoms with Crippen molar-refractivity contribution < 1.29 is 13.2 Å². The number of hydrogen-bond acceptors (Lipinski definition) is 4. The van der Waals surface area contributed by atoms with Crippen molar-refractivity contribution in [3.05, 3.63) is 47.0 Å². The summed E-state index contributed by atoms with van der Waals surface area (Å²) in [6, 6.07) is 9.43. The normalized spacial score (nSPS) is 11.4. The van der Waals surface area contributed by atoms with E-state index < -0.39 is 10.0 Å². The van der Waals surface area contributed by atoms with Gasteiger partial charge >= 0.3 is 0 Å². The van der Waals surface area contributed by atoms with Crippen molar-refractivity contribution in [1.29, 1.82) is 0 Å². The fourth-order valence-electron chi connectivity index (χ4n) is 1.70. The van der Waals surface area contributed by atoms with Crippen LogP contribution in [0.5, 0.6) is 11.5 Å². The molecule has 0 aliphatic carbocycles. The second kappa shape index (κ2) is 5.93. The smallest absolute Gasteiger partial charge is 0.240 e. The van der Waals surface area contributed by atoms with Crippen LogP contribution in [0.4, 0.5) is 5.69 Å². The molecule has 0 radical (unpaired) electrons. The molecule has 0 aliphatic rings. The fourth-order valence-corrected chi connectivity index (χ4v) is 2.56. The molecule has 0 aromatic heterocycles. The third-order valence-corrected chi connectivity index (χ3v) is 4.76. The molecule has 0 saturated heterocycles. The predicted molar refractivity (Wildman–Crippen MR) is 83.4 cm³/mol. The molecule has 0 unspecified atom stereocenters. The van der Waals surface area contributed by atoms with Gasteiger partial charge in [0, 0.05) is 11.1 Å². The minimum atomic E-state index is -3.55. The van der Waals surface area contributed by atoms with Gasteiger partial charge in [-0.1, -0.05) is 11.6 Å². The molecular weight excluding hydrogens is 312 g/mol. The van der Waals surface area contributed by atoms with Gasteiger partial charge in [0.05, 0.1) is 10.6 Å². The van der Waals surface area contributed by atoms with E-state index in [0.717, 1.165) is 5.56 Å². The lowest BCUT2D eigenvalue weighted by atomic mass is 10.2. The van der Waals surface area contributed by atoms with Gasteiger partial charge in [-0.15, -0.1) is 0 Å². The van der Waals surface area contributed by atoms with Crippen LogP contribution in [0.25, 0.3) is 0 Å². The first-order valence-corrected chi connectivity index (χ1v) is 7.96. The number of nitrogens with two attached hydrogens (primary N) is 1. The number of nitrogens with one attached hydrogen (secondary N) is 1. The van der Waals surface area contributed by atoms with Crippen LogP contribution in [-0.4, -0.2) is 15.5 Å². The van der Waals surface area contributed by atoms with Gasteiger partial charge in [0.25, 0.3) is 0 Å². The molecule has 3 N–H and O–H groups in total. The highest BCUT2D eigenvalue weighted by molar-refractivity contribution is 7.89. The molecule has 7 heteroatoms. The zero-order chi connectivity index (χ0) is 15.6.